The van der Waals surface area contributed by atoms with Crippen LogP contribution in [0.3, 0.4) is 0 Å². The van der Waals surface area contributed by atoms with Gasteiger partial charge in [0.25, 0.3) is 0 Å². The van der Waals surface area contributed by atoms with Crippen LogP contribution in [0.4, 0.5) is 0 Å². The fourth-order valence-corrected chi connectivity index (χ4v) is 2.18. The lowest BCUT2D eigenvalue weighted by atomic mass is 9.91. The minimum absolute atomic E-state index is 0.778. The highest BCUT2D eigenvalue weighted by molar-refractivity contribution is 4.66. The molecule has 1 aliphatic heterocycles. The zero-order valence-electron chi connectivity index (χ0n) is 10.8. The van der Waals surface area contributed by atoms with Crippen molar-refractivity contribution < 1.29 is 9.47 Å². The van der Waals surface area contributed by atoms with Gasteiger partial charge in [-0.3, -0.25) is 0 Å². The van der Waals surface area contributed by atoms with Crippen LogP contribution in [0.5, 0.6) is 0 Å². The monoisotopic (exact) mass is 229 g/mol. The first-order valence-electron chi connectivity index (χ1n) is 6.60. The van der Waals surface area contributed by atoms with Crippen LogP contribution in [0, 0.1) is 11.8 Å². The highest BCUT2D eigenvalue weighted by Crippen LogP contribution is 2.22. The molecule has 0 amide bonds. The Morgan fingerprint density at radius 1 is 1.38 bits per heavy atom. The predicted molar refractivity (Wildman–Crippen MR) is 66.7 cm³/mol. The largest absolute Gasteiger partial charge is 0.383 e. The minimum atomic E-state index is 0.778. The van der Waals surface area contributed by atoms with E-state index in [4.69, 9.17) is 9.47 Å². The average Bonchev–Trinajstić information content (AvgIpc) is 2.33. The molecule has 96 valence electrons. The second-order valence-electron chi connectivity index (χ2n) is 4.94. The van der Waals surface area contributed by atoms with E-state index in [-0.39, 0.29) is 0 Å². The van der Waals surface area contributed by atoms with Crippen LogP contribution in [0.1, 0.15) is 32.6 Å². The van der Waals surface area contributed by atoms with Gasteiger partial charge in [0.15, 0.2) is 0 Å². The maximum atomic E-state index is 5.37. The van der Waals surface area contributed by atoms with E-state index in [2.05, 4.69) is 12.2 Å². The van der Waals surface area contributed by atoms with Gasteiger partial charge in [-0.05, 0) is 44.1 Å². The van der Waals surface area contributed by atoms with Gasteiger partial charge >= 0.3 is 0 Å². The van der Waals surface area contributed by atoms with Crippen LogP contribution in [0.2, 0.25) is 0 Å². The van der Waals surface area contributed by atoms with Gasteiger partial charge < -0.3 is 14.8 Å². The molecule has 0 bridgehead atoms. The number of rotatable bonds is 8. The first kappa shape index (κ1) is 13.9. The molecule has 0 aromatic rings. The molecule has 0 spiro atoms. The molecule has 1 atom stereocenters. The van der Waals surface area contributed by atoms with Crippen molar-refractivity contribution in [3.05, 3.63) is 0 Å². The van der Waals surface area contributed by atoms with Crippen LogP contribution < -0.4 is 5.32 Å². The summed E-state index contributed by atoms with van der Waals surface area (Å²) in [5.74, 6) is 1.69. The van der Waals surface area contributed by atoms with Crippen molar-refractivity contribution in [2.75, 3.05) is 40.0 Å². The Kier molecular flexibility index (Phi) is 7.81. The normalized spacial score (nSPS) is 19.9. The van der Waals surface area contributed by atoms with Gasteiger partial charge in [-0.15, -0.1) is 0 Å². The molecule has 0 saturated carbocycles. The molecule has 3 nitrogen and oxygen atoms in total. The van der Waals surface area contributed by atoms with Crippen LogP contribution in [0.15, 0.2) is 0 Å². The number of methoxy groups -OCH3 is 1. The third-order valence-corrected chi connectivity index (χ3v) is 3.38. The number of nitrogens with one attached hydrogen (secondary N) is 1. The first-order valence-corrected chi connectivity index (χ1v) is 6.60. The van der Waals surface area contributed by atoms with E-state index < -0.39 is 0 Å². The molecule has 0 aliphatic carbocycles. The Morgan fingerprint density at radius 3 is 2.81 bits per heavy atom. The molecular formula is C13H27NO2. The standard InChI is InChI=1S/C13H27NO2/c1-12(11-14-7-10-15-2)3-4-13-5-8-16-9-6-13/h12-14H,3-11H2,1-2H3. The summed E-state index contributed by atoms with van der Waals surface area (Å²) >= 11 is 0. The molecule has 1 heterocycles. The third-order valence-electron chi connectivity index (χ3n) is 3.38. The number of hydrogen-bond donors (Lipinski definition) is 1. The van der Waals surface area contributed by atoms with E-state index in [1.807, 2.05) is 0 Å². The van der Waals surface area contributed by atoms with Crippen molar-refractivity contribution in [3.63, 3.8) is 0 Å². The molecule has 3 heteroatoms. The minimum Gasteiger partial charge on any atom is -0.383 e. The van der Waals surface area contributed by atoms with Gasteiger partial charge in [0, 0.05) is 26.9 Å². The maximum absolute atomic E-state index is 5.37. The Hall–Kier alpha value is -0.120. The fraction of sp³-hybridized carbons (Fsp3) is 1.00. The topological polar surface area (TPSA) is 30.5 Å². The predicted octanol–water partition coefficient (Wildman–Crippen LogP) is 2.07. The van der Waals surface area contributed by atoms with Crippen molar-refractivity contribution in [3.8, 4) is 0 Å². The van der Waals surface area contributed by atoms with E-state index in [0.717, 1.165) is 44.7 Å². The molecule has 1 saturated heterocycles. The van der Waals surface area contributed by atoms with Crippen molar-refractivity contribution in [2.24, 2.45) is 11.8 Å². The SMILES string of the molecule is COCCNCC(C)CCC1CCOCC1. The van der Waals surface area contributed by atoms with E-state index in [1.165, 1.54) is 25.7 Å². The van der Waals surface area contributed by atoms with Crippen LogP contribution in [-0.4, -0.2) is 40.0 Å². The molecule has 1 aliphatic rings. The van der Waals surface area contributed by atoms with Gasteiger partial charge in [0.2, 0.25) is 0 Å². The molecule has 0 radical (unpaired) electrons. The van der Waals surface area contributed by atoms with E-state index in [9.17, 15) is 0 Å². The van der Waals surface area contributed by atoms with Crippen molar-refractivity contribution in [1.29, 1.82) is 0 Å². The Labute approximate surface area is 99.9 Å². The third kappa shape index (κ3) is 6.46. The molecule has 1 fully saturated rings. The molecule has 0 aromatic carbocycles. The Bertz CT molecular complexity index is 158. The van der Waals surface area contributed by atoms with E-state index >= 15 is 0 Å². The Morgan fingerprint density at radius 2 is 2.12 bits per heavy atom. The van der Waals surface area contributed by atoms with Gasteiger partial charge in [-0.25, -0.2) is 0 Å². The van der Waals surface area contributed by atoms with Gasteiger partial charge in [-0.1, -0.05) is 6.92 Å². The molecule has 16 heavy (non-hydrogen) atoms. The second-order valence-corrected chi connectivity index (χ2v) is 4.94. The average molecular weight is 229 g/mol. The second kappa shape index (κ2) is 8.97. The summed E-state index contributed by atoms with van der Waals surface area (Å²) in [5, 5.41) is 3.42. The zero-order valence-corrected chi connectivity index (χ0v) is 10.8. The lowest BCUT2D eigenvalue weighted by Crippen LogP contribution is -2.25. The fourth-order valence-electron chi connectivity index (χ4n) is 2.18. The molecular weight excluding hydrogens is 202 g/mol. The van der Waals surface area contributed by atoms with E-state index in [0.29, 0.717) is 0 Å². The van der Waals surface area contributed by atoms with Gasteiger partial charge in [0.1, 0.15) is 0 Å². The highest BCUT2D eigenvalue weighted by atomic mass is 16.5. The highest BCUT2D eigenvalue weighted by Gasteiger charge is 2.14. The van der Waals surface area contributed by atoms with Crippen LogP contribution in [-0.2, 0) is 9.47 Å². The van der Waals surface area contributed by atoms with Crippen molar-refractivity contribution in [2.45, 2.75) is 32.6 Å². The van der Waals surface area contributed by atoms with Gasteiger partial charge in [-0.2, -0.15) is 0 Å². The quantitative estimate of drug-likeness (QED) is 0.646. The summed E-state index contributed by atoms with van der Waals surface area (Å²) in [7, 11) is 1.75. The van der Waals surface area contributed by atoms with Crippen molar-refractivity contribution >= 4 is 0 Å². The number of hydrogen-bond acceptors (Lipinski definition) is 3. The van der Waals surface area contributed by atoms with Crippen LogP contribution in [0.25, 0.3) is 0 Å². The maximum Gasteiger partial charge on any atom is 0.0587 e. The molecule has 1 unspecified atom stereocenters. The number of ether oxygens (including phenoxy) is 2. The van der Waals surface area contributed by atoms with Gasteiger partial charge in [0.05, 0.1) is 6.61 Å². The zero-order chi connectivity index (χ0) is 11.6. The van der Waals surface area contributed by atoms with Crippen LogP contribution >= 0.6 is 0 Å². The Balaban J connectivity index is 1.94. The summed E-state index contributed by atoms with van der Waals surface area (Å²) < 4.78 is 10.4. The summed E-state index contributed by atoms with van der Waals surface area (Å²) in [5.41, 5.74) is 0. The molecule has 0 aromatic heterocycles. The smallest absolute Gasteiger partial charge is 0.0587 e. The summed E-state index contributed by atoms with van der Waals surface area (Å²) in [6.07, 6.45) is 5.24. The van der Waals surface area contributed by atoms with Crippen molar-refractivity contribution in [1.82, 2.24) is 5.32 Å². The molecule has 1 rings (SSSR count). The van der Waals surface area contributed by atoms with E-state index in [1.54, 1.807) is 7.11 Å². The summed E-state index contributed by atoms with van der Waals surface area (Å²) in [6.45, 7) is 7.19. The lowest BCUT2D eigenvalue weighted by molar-refractivity contribution is 0.0620. The lowest BCUT2D eigenvalue weighted by Gasteiger charge is -2.23. The molecule has 1 N–H and O–H groups in total. The first-order chi connectivity index (χ1) is 7.83. The summed E-state index contributed by atoms with van der Waals surface area (Å²) in [4.78, 5) is 0. The summed E-state index contributed by atoms with van der Waals surface area (Å²) in [6, 6.07) is 0.